The van der Waals surface area contributed by atoms with E-state index in [4.69, 9.17) is 0 Å². The lowest BCUT2D eigenvalue weighted by Gasteiger charge is -2.23. The molecule has 0 bridgehead atoms. The van der Waals surface area contributed by atoms with Crippen LogP contribution in [0.2, 0.25) is 0 Å². The Balaban J connectivity index is 1.90. The number of carbonyl (C=O) groups is 1. The molecule has 1 aliphatic rings. The van der Waals surface area contributed by atoms with E-state index in [-0.39, 0.29) is 11.9 Å². The second-order valence-electron chi connectivity index (χ2n) is 5.40. The summed E-state index contributed by atoms with van der Waals surface area (Å²) in [6, 6.07) is 10.5. The number of nitrogens with zero attached hydrogens (tertiary/aromatic N) is 1. The molecule has 104 valence electrons. The Bertz CT molecular complexity index is 404. The van der Waals surface area contributed by atoms with Crippen molar-refractivity contribution < 1.29 is 4.79 Å². The van der Waals surface area contributed by atoms with Gasteiger partial charge in [-0.3, -0.25) is 10.1 Å². The van der Waals surface area contributed by atoms with E-state index in [1.54, 1.807) is 0 Å². The van der Waals surface area contributed by atoms with Gasteiger partial charge in [0.15, 0.2) is 0 Å². The zero-order valence-corrected chi connectivity index (χ0v) is 11.9. The minimum absolute atomic E-state index is 0.0496. The fraction of sp³-hybridized carbons (Fsp3) is 0.562. The smallest absolute Gasteiger partial charge is 0.241 e. The number of amides is 1. The van der Waals surface area contributed by atoms with Crippen molar-refractivity contribution >= 4 is 5.91 Å². The molecule has 1 aliphatic heterocycles. The van der Waals surface area contributed by atoms with Crippen molar-refractivity contribution in [1.29, 1.82) is 0 Å². The van der Waals surface area contributed by atoms with E-state index < -0.39 is 0 Å². The zero-order valence-electron chi connectivity index (χ0n) is 11.9. The first-order valence-corrected chi connectivity index (χ1v) is 7.30. The Hall–Kier alpha value is -1.35. The maximum Gasteiger partial charge on any atom is 0.241 e. The quantitative estimate of drug-likeness (QED) is 0.852. The minimum atomic E-state index is -0.0496. The molecule has 1 heterocycles. The highest BCUT2D eigenvalue weighted by atomic mass is 16.2. The summed E-state index contributed by atoms with van der Waals surface area (Å²) >= 11 is 0. The summed E-state index contributed by atoms with van der Waals surface area (Å²) in [7, 11) is 0. The largest absolute Gasteiger partial charge is 0.326 e. The van der Waals surface area contributed by atoms with Crippen molar-refractivity contribution in [3.05, 3.63) is 35.9 Å². The average Bonchev–Trinajstić information content (AvgIpc) is 2.79. The molecule has 19 heavy (non-hydrogen) atoms. The van der Waals surface area contributed by atoms with E-state index in [1.807, 2.05) is 23.1 Å². The SMILES string of the molecule is CCCCC(C)N1CNC(Cc2ccccc2)C1=O. The van der Waals surface area contributed by atoms with Gasteiger partial charge in [0.1, 0.15) is 0 Å². The molecule has 1 saturated heterocycles. The molecular formula is C16H24N2O. The molecule has 2 atom stereocenters. The monoisotopic (exact) mass is 260 g/mol. The molecule has 2 rings (SSSR count). The molecule has 0 radical (unpaired) electrons. The normalized spacial score (nSPS) is 20.8. The van der Waals surface area contributed by atoms with E-state index in [1.165, 1.54) is 18.4 Å². The van der Waals surface area contributed by atoms with E-state index in [0.29, 0.717) is 12.7 Å². The van der Waals surface area contributed by atoms with Gasteiger partial charge in [0.05, 0.1) is 12.7 Å². The van der Waals surface area contributed by atoms with Gasteiger partial charge in [0.2, 0.25) is 5.91 Å². The summed E-state index contributed by atoms with van der Waals surface area (Å²) in [6.07, 6.45) is 4.26. The first kappa shape index (κ1) is 14.1. The third-order valence-corrected chi connectivity index (χ3v) is 3.88. The molecule has 0 spiro atoms. The van der Waals surface area contributed by atoms with Crippen LogP contribution in [0, 0.1) is 0 Å². The molecule has 1 amide bonds. The van der Waals surface area contributed by atoms with Gasteiger partial charge in [-0.2, -0.15) is 0 Å². The van der Waals surface area contributed by atoms with Gasteiger partial charge in [0.25, 0.3) is 0 Å². The minimum Gasteiger partial charge on any atom is -0.326 e. The summed E-state index contributed by atoms with van der Waals surface area (Å²) in [4.78, 5) is 14.4. The maximum atomic E-state index is 12.4. The maximum absolute atomic E-state index is 12.4. The van der Waals surface area contributed by atoms with Gasteiger partial charge in [-0.05, 0) is 25.3 Å². The number of hydrogen-bond acceptors (Lipinski definition) is 2. The highest BCUT2D eigenvalue weighted by molar-refractivity contribution is 5.84. The summed E-state index contributed by atoms with van der Waals surface area (Å²) in [5.41, 5.74) is 1.22. The standard InChI is InChI=1S/C16H24N2O/c1-3-4-8-13(2)18-12-17-15(16(18)19)11-14-9-6-5-7-10-14/h5-7,9-10,13,15,17H,3-4,8,11-12H2,1-2H3. The van der Waals surface area contributed by atoms with Crippen LogP contribution in [0.5, 0.6) is 0 Å². The number of benzene rings is 1. The van der Waals surface area contributed by atoms with Gasteiger partial charge < -0.3 is 4.90 Å². The second kappa shape index (κ2) is 6.71. The molecule has 1 N–H and O–H groups in total. The highest BCUT2D eigenvalue weighted by Crippen LogP contribution is 2.16. The number of unbranched alkanes of at least 4 members (excludes halogenated alkanes) is 1. The van der Waals surface area contributed by atoms with E-state index in [0.717, 1.165) is 12.8 Å². The molecule has 1 aromatic carbocycles. The fourth-order valence-corrected chi connectivity index (χ4v) is 2.61. The molecule has 0 aromatic heterocycles. The zero-order chi connectivity index (χ0) is 13.7. The molecule has 2 unspecified atom stereocenters. The van der Waals surface area contributed by atoms with Crippen molar-refractivity contribution in [2.24, 2.45) is 0 Å². The molecule has 1 fully saturated rings. The molecule has 0 aliphatic carbocycles. The third-order valence-electron chi connectivity index (χ3n) is 3.88. The van der Waals surface area contributed by atoms with Crippen LogP contribution in [0.4, 0.5) is 0 Å². The molecule has 1 aromatic rings. The lowest BCUT2D eigenvalue weighted by Crippen LogP contribution is -2.37. The highest BCUT2D eigenvalue weighted by Gasteiger charge is 2.33. The topological polar surface area (TPSA) is 32.3 Å². The van der Waals surface area contributed by atoms with Gasteiger partial charge in [-0.15, -0.1) is 0 Å². The van der Waals surface area contributed by atoms with Gasteiger partial charge in [-0.1, -0.05) is 50.1 Å². The van der Waals surface area contributed by atoms with Crippen LogP contribution >= 0.6 is 0 Å². The first-order chi connectivity index (χ1) is 9.22. The van der Waals surface area contributed by atoms with Gasteiger partial charge in [-0.25, -0.2) is 0 Å². The Morgan fingerprint density at radius 1 is 1.37 bits per heavy atom. The van der Waals surface area contributed by atoms with Crippen molar-refractivity contribution in [3.63, 3.8) is 0 Å². The van der Waals surface area contributed by atoms with Crippen LogP contribution in [0.15, 0.2) is 30.3 Å². The van der Waals surface area contributed by atoms with E-state index in [9.17, 15) is 4.79 Å². The molecule has 0 saturated carbocycles. The summed E-state index contributed by atoms with van der Waals surface area (Å²) < 4.78 is 0. The van der Waals surface area contributed by atoms with Crippen LogP contribution in [-0.4, -0.2) is 29.6 Å². The summed E-state index contributed by atoms with van der Waals surface area (Å²) in [5.74, 6) is 0.257. The van der Waals surface area contributed by atoms with Crippen molar-refractivity contribution in [2.45, 2.75) is 51.6 Å². The summed E-state index contributed by atoms with van der Waals surface area (Å²) in [5, 5.41) is 3.34. The Labute approximate surface area is 116 Å². The van der Waals surface area contributed by atoms with Crippen LogP contribution in [0.3, 0.4) is 0 Å². The van der Waals surface area contributed by atoms with Crippen LogP contribution in [0.1, 0.15) is 38.7 Å². The number of nitrogens with one attached hydrogen (secondary N) is 1. The fourth-order valence-electron chi connectivity index (χ4n) is 2.61. The van der Waals surface area contributed by atoms with Gasteiger partial charge in [0, 0.05) is 6.04 Å². The van der Waals surface area contributed by atoms with Crippen LogP contribution in [-0.2, 0) is 11.2 Å². The predicted octanol–water partition coefficient (Wildman–Crippen LogP) is 2.57. The predicted molar refractivity (Wildman–Crippen MR) is 77.8 cm³/mol. The van der Waals surface area contributed by atoms with E-state index >= 15 is 0 Å². The lowest BCUT2D eigenvalue weighted by molar-refractivity contribution is -0.130. The number of carbonyl (C=O) groups excluding carboxylic acids is 1. The Morgan fingerprint density at radius 2 is 2.11 bits per heavy atom. The van der Waals surface area contributed by atoms with Gasteiger partial charge >= 0.3 is 0 Å². The lowest BCUT2D eigenvalue weighted by atomic mass is 10.1. The first-order valence-electron chi connectivity index (χ1n) is 7.30. The number of hydrogen-bond donors (Lipinski definition) is 1. The van der Waals surface area contributed by atoms with Crippen molar-refractivity contribution in [1.82, 2.24) is 10.2 Å². The Morgan fingerprint density at radius 3 is 2.79 bits per heavy atom. The van der Waals surface area contributed by atoms with Crippen LogP contribution in [0.25, 0.3) is 0 Å². The average molecular weight is 260 g/mol. The second-order valence-corrected chi connectivity index (χ2v) is 5.40. The number of rotatable bonds is 6. The third kappa shape index (κ3) is 3.57. The van der Waals surface area contributed by atoms with E-state index in [2.05, 4.69) is 31.3 Å². The van der Waals surface area contributed by atoms with Crippen LogP contribution < -0.4 is 5.32 Å². The van der Waals surface area contributed by atoms with Crippen molar-refractivity contribution in [2.75, 3.05) is 6.67 Å². The molecule has 3 heteroatoms. The van der Waals surface area contributed by atoms with Crippen molar-refractivity contribution in [3.8, 4) is 0 Å². The molecular weight excluding hydrogens is 236 g/mol. The summed E-state index contributed by atoms with van der Waals surface area (Å²) in [6.45, 7) is 5.04. The molecule has 3 nitrogen and oxygen atoms in total. The Kier molecular flexibility index (Phi) is 4.97.